The number of fused-ring (bicyclic) bond motifs is 1. The quantitative estimate of drug-likeness (QED) is 0.614. The van der Waals surface area contributed by atoms with Gasteiger partial charge in [0.05, 0.1) is 18.2 Å². The van der Waals surface area contributed by atoms with Gasteiger partial charge in [-0.1, -0.05) is 17.4 Å². The third kappa shape index (κ3) is 3.84. The van der Waals surface area contributed by atoms with E-state index in [9.17, 15) is 0 Å². The van der Waals surface area contributed by atoms with Crippen LogP contribution in [0.1, 0.15) is 30.3 Å². The molecule has 2 aromatic heterocycles. The van der Waals surface area contributed by atoms with Crippen LogP contribution in [0.4, 0.5) is 5.13 Å². The Balaban J connectivity index is 1.25. The van der Waals surface area contributed by atoms with E-state index in [1.807, 2.05) is 0 Å². The van der Waals surface area contributed by atoms with Crippen LogP contribution < -0.4 is 9.64 Å². The van der Waals surface area contributed by atoms with Crippen molar-refractivity contribution in [3.05, 3.63) is 35.5 Å². The van der Waals surface area contributed by atoms with E-state index in [1.54, 1.807) is 18.4 Å². The third-order valence-corrected chi connectivity index (χ3v) is 6.71. The van der Waals surface area contributed by atoms with Crippen molar-refractivity contribution in [1.82, 2.24) is 14.8 Å². The summed E-state index contributed by atoms with van der Waals surface area (Å²) in [5, 5.41) is 11.6. The number of methoxy groups -OCH3 is 1. The zero-order valence-electron chi connectivity index (χ0n) is 16.6. The maximum absolute atomic E-state index is 6.45. The second kappa shape index (κ2) is 8.30. The molecule has 1 aromatic carbocycles. The summed E-state index contributed by atoms with van der Waals surface area (Å²) in [5.74, 6) is 0.983. The van der Waals surface area contributed by atoms with E-state index < -0.39 is 0 Å². The van der Waals surface area contributed by atoms with Crippen LogP contribution in [0, 0.1) is 0 Å². The van der Waals surface area contributed by atoms with Gasteiger partial charge in [-0.05, 0) is 24.6 Å². The van der Waals surface area contributed by atoms with Crippen LogP contribution in [0.3, 0.4) is 0 Å². The molecule has 154 valence electrons. The second-order valence-electron chi connectivity index (χ2n) is 7.65. The fraction of sp³-hybridized carbons (Fsp3) is 0.524. The lowest BCUT2D eigenvalue weighted by Crippen LogP contribution is -2.38. The van der Waals surface area contributed by atoms with Crippen molar-refractivity contribution < 1.29 is 14.2 Å². The standard InChI is InChI=1S/C21H26N4O3S/c1-26-14-20-22-23-21(29-20)24-9-5-16(6-10-24)28-19-4-2-3-18-17(19)7-11-25(18)15-8-12-27-13-15/h2-4,7,11,15-16H,5-6,8-10,12-14H2,1H3. The summed E-state index contributed by atoms with van der Waals surface area (Å²) >= 11 is 1.61. The lowest BCUT2D eigenvalue weighted by atomic mass is 10.1. The summed E-state index contributed by atoms with van der Waals surface area (Å²) < 4.78 is 19.5. The summed E-state index contributed by atoms with van der Waals surface area (Å²) in [6.45, 7) is 4.03. The van der Waals surface area contributed by atoms with Gasteiger partial charge in [0.15, 0.2) is 0 Å². The van der Waals surface area contributed by atoms with E-state index in [0.29, 0.717) is 12.6 Å². The predicted molar refractivity (Wildman–Crippen MR) is 113 cm³/mol. The Bertz CT molecular complexity index is 958. The number of hydrogen-bond donors (Lipinski definition) is 0. The van der Waals surface area contributed by atoms with Crippen molar-refractivity contribution in [3.8, 4) is 5.75 Å². The Morgan fingerprint density at radius 3 is 2.86 bits per heavy atom. The first-order valence-corrected chi connectivity index (χ1v) is 11.0. The summed E-state index contributed by atoms with van der Waals surface area (Å²) in [4.78, 5) is 2.30. The van der Waals surface area contributed by atoms with Gasteiger partial charge in [-0.25, -0.2) is 0 Å². The van der Waals surface area contributed by atoms with Gasteiger partial charge in [-0.3, -0.25) is 0 Å². The summed E-state index contributed by atoms with van der Waals surface area (Å²) in [5.41, 5.74) is 1.23. The van der Waals surface area contributed by atoms with E-state index in [2.05, 4.69) is 50.1 Å². The molecule has 0 saturated carbocycles. The highest BCUT2D eigenvalue weighted by molar-refractivity contribution is 7.15. The number of ether oxygens (including phenoxy) is 3. The number of hydrogen-bond acceptors (Lipinski definition) is 7. The molecule has 2 aliphatic rings. The Morgan fingerprint density at radius 1 is 1.17 bits per heavy atom. The Kier molecular flexibility index (Phi) is 5.39. The molecule has 0 radical (unpaired) electrons. The number of anilines is 1. The molecule has 8 heteroatoms. The molecule has 0 amide bonds. The fourth-order valence-corrected chi connectivity index (χ4v) is 5.08. The number of rotatable bonds is 6. The second-order valence-corrected chi connectivity index (χ2v) is 8.69. The van der Waals surface area contributed by atoms with Crippen LogP contribution in [0.25, 0.3) is 10.9 Å². The molecule has 0 aliphatic carbocycles. The first-order chi connectivity index (χ1) is 14.3. The van der Waals surface area contributed by atoms with Gasteiger partial charge in [0.2, 0.25) is 5.13 Å². The minimum absolute atomic E-state index is 0.224. The van der Waals surface area contributed by atoms with Crippen molar-refractivity contribution in [2.75, 3.05) is 38.3 Å². The van der Waals surface area contributed by atoms with Gasteiger partial charge in [-0.2, -0.15) is 0 Å². The maximum Gasteiger partial charge on any atom is 0.208 e. The highest BCUT2D eigenvalue weighted by Crippen LogP contribution is 2.33. The minimum atomic E-state index is 0.224. The molecule has 0 bridgehead atoms. The average Bonchev–Trinajstić information content (AvgIpc) is 3.49. The average molecular weight is 415 g/mol. The SMILES string of the molecule is COCc1nnc(N2CCC(Oc3cccc4c3ccn4C3CCOC3)CC2)s1. The normalized spacial score (nSPS) is 20.6. The van der Waals surface area contributed by atoms with Crippen LogP contribution >= 0.6 is 11.3 Å². The van der Waals surface area contributed by atoms with E-state index >= 15 is 0 Å². The third-order valence-electron chi connectivity index (χ3n) is 5.75. The molecule has 3 aromatic rings. The molecule has 0 spiro atoms. The van der Waals surface area contributed by atoms with Crippen LogP contribution in [-0.2, 0) is 16.1 Å². The minimum Gasteiger partial charge on any atom is -0.490 e. The first kappa shape index (κ1) is 18.8. The molecule has 0 N–H and O–H groups in total. The Hall–Kier alpha value is -2.16. The fourth-order valence-electron chi connectivity index (χ4n) is 4.22. The lowest BCUT2D eigenvalue weighted by Gasteiger charge is -2.31. The summed E-state index contributed by atoms with van der Waals surface area (Å²) in [7, 11) is 1.68. The maximum atomic E-state index is 6.45. The van der Waals surface area contributed by atoms with Gasteiger partial charge in [0.25, 0.3) is 0 Å². The van der Waals surface area contributed by atoms with Crippen LogP contribution in [0.2, 0.25) is 0 Å². The Labute approximate surface area is 174 Å². The molecule has 7 nitrogen and oxygen atoms in total. The van der Waals surface area contributed by atoms with Crippen molar-refractivity contribution >= 4 is 27.4 Å². The molecular weight excluding hydrogens is 388 g/mol. The van der Waals surface area contributed by atoms with E-state index in [1.165, 1.54) is 10.9 Å². The van der Waals surface area contributed by atoms with Crippen molar-refractivity contribution in [2.24, 2.45) is 0 Å². The van der Waals surface area contributed by atoms with Crippen LogP contribution in [0.5, 0.6) is 5.75 Å². The van der Waals surface area contributed by atoms with Crippen LogP contribution in [0.15, 0.2) is 30.5 Å². The van der Waals surface area contributed by atoms with Crippen LogP contribution in [-0.4, -0.2) is 54.3 Å². The molecule has 2 fully saturated rings. The smallest absolute Gasteiger partial charge is 0.208 e. The highest BCUT2D eigenvalue weighted by Gasteiger charge is 2.24. The monoisotopic (exact) mass is 414 g/mol. The zero-order valence-corrected chi connectivity index (χ0v) is 17.4. The summed E-state index contributed by atoms with van der Waals surface area (Å²) in [6.07, 6.45) is 5.43. The number of piperidine rings is 1. The molecule has 5 rings (SSSR count). The summed E-state index contributed by atoms with van der Waals surface area (Å²) in [6, 6.07) is 8.97. The number of benzene rings is 1. The molecule has 1 atom stereocenters. The van der Waals surface area contributed by atoms with Gasteiger partial charge in [0, 0.05) is 51.2 Å². The van der Waals surface area contributed by atoms with Gasteiger partial charge < -0.3 is 23.7 Å². The Morgan fingerprint density at radius 2 is 2.07 bits per heavy atom. The van der Waals surface area contributed by atoms with E-state index in [4.69, 9.17) is 14.2 Å². The largest absolute Gasteiger partial charge is 0.490 e. The van der Waals surface area contributed by atoms with Gasteiger partial charge in [-0.15, -0.1) is 10.2 Å². The molecular formula is C21H26N4O3S. The molecule has 2 saturated heterocycles. The zero-order chi connectivity index (χ0) is 19.6. The van der Waals surface area contributed by atoms with Crippen molar-refractivity contribution in [3.63, 3.8) is 0 Å². The highest BCUT2D eigenvalue weighted by atomic mass is 32.1. The van der Waals surface area contributed by atoms with Gasteiger partial charge in [0.1, 0.15) is 23.5 Å². The number of aromatic nitrogens is 3. The van der Waals surface area contributed by atoms with Crippen molar-refractivity contribution in [1.29, 1.82) is 0 Å². The topological polar surface area (TPSA) is 61.6 Å². The van der Waals surface area contributed by atoms with E-state index in [-0.39, 0.29) is 6.10 Å². The van der Waals surface area contributed by atoms with E-state index in [0.717, 1.165) is 61.5 Å². The molecule has 1 unspecified atom stereocenters. The first-order valence-electron chi connectivity index (χ1n) is 10.2. The van der Waals surface area contributed by atoms with Crippen molar-refractivity contribution in [2.45, 2.75) is 38.0 Å². The molecule has 4 heterocycles. The van der Waals surface area contributed by atoms with Gasteiger partial charge >= 0.3 is 0 Å². The number of nitrogens with zero attached hydrogens (tertiary/aromatic N) is 4. The molecule has 29 heavy (non-hydrogen) atoms. The predicted octanol–water partition coefficient (Wildman–Crippen LogP) is 3.65. The lowest BCUT2D eigenvalue weighted by molar-refractivity contribution is 0.173. The molecule has 2 aliphatic heterocycles.